The molecule has 634 valence electrons. The van der Waals surface area contributed by atoms with Gasteiger partial charge in [0.15, 0.2) is 0 Å². The van der Waals surface area contributed by atoms with E-state index < -0.39 is 0 Å². The van der Waals surface area contributed by atoms with E-state index in [4.69, 9.17) is 0 Å². The average molecular weight is 1730 g/mol. The van der Waals surface area contributed by atoms with E-state index in [1.165, 1.54) is 142 Å². The zero-order chi connectivity index (χ0) is 89.7. The first-order valence-electron chi connectivity index (χ1n) is 46.9. The lowest BCUT2D eigenvalue weighted by atomic mass is 9.91. The van der Waals surface area contributed by atoms with E-state index in [2.05, 4.69) is 541 Å². The Hall–Kier alpha value is -18.0. The lowest BCUT2D eigenvalue weighted by Gasteiger charge is -2.28. The largest absolute Gasteiger partial charge is 0.310 e. The smallest absolute Gasteiger partial charge is 0.0547 e. The van der Waals surface area contributed by atoms with Gasteiger partial charge in [-0.1, -0.05) is 376 Å². The van der Waals surface area contributed by atoms with Crippen molar-refractivity contribution in [1.29, 1.82) is 0 Å². The molecule has 26 aromatic rings. The number of anilines is 6. The Morgan fingerprint density at radius 3 is 0.941 bits per heavy atom. The molecule has 0 saturated heterocycles. The number of benzene rings is 24. The van der Waals surface area contributed by atoms with Crippen LogP contribution in [0.5, 0.6) is 0 Å². The summed E-state index contributed by atoms with van der Waals surface area (Å²) in [5, 5.41) is 19.7. The van der Waals surface area contributed by atoms with Gasteiger partial charge >= 0.3 is 0 Å². The molecule has 26 rings (SSSR count). The zero-order valence-electron chi connectivity index (χ0n) is 74.4. The molecule has 2 aromatic heterocycles. The first kappa shape index (κ1) is 79.0. The minimum absolute atomic E-state index is 1.05. The molecule has 0 amide bonds. The van der Waals surface area contributed by atoms with Crippen LogP contribution in [-0.4, -0.2) is 9.13 Å². The molecule has 0 radical (unpaired) electrons. The molecule has 4 heteroatoms. The maximum absolute atomic E-state index is 2.47. The van der Waals surface area contributed by atoms with Crippen molar-refractivity contribution in [1.82, 2.24) is 9.13 Å². The van der Waals surface area contributed by atoms with E-state index in [0.29, 0.717) is 0 Å². The number of hydrogen-bond donors (Lipinski definition) is 0. The van der Waals surface area contributed by atoms with Crippen molar-refractivity contribution in [2.75, 3.05) is 9.80 Å². The lowest BCUT2D eigenvalue weighted by molar-refractivity contribution is 1.18. The van der Waals surface area contributed by atoms with Crippen LogP contribution in [0.4, 0.5) is 34.1 Å². The van der Waals surface area contributed by atoms with Crippen molar-refractivity contribution in [3.63, 3.8) is 0 Å². The van der Waals surface area contributed by atoms with Crippen LogP contribution in [0.2, 0.25) is 0 Å². The predicted octanol–water partition coefficient (Wildman–Crippen LogP) is 36.7. The summed E-state index contributed by atoms with van der Waals surface area (Å²) in [5.74, 6) is 0. The maximum Gasteiger partial charge on any atom is 0.0547 e. The van der Waals surface area contributed by atoms with E-state index in [1.54, 1.807) is 0 Å². The van der Waals surface area contributed by atoms with Crippen LogP contribution in [0.1, 0.15) is 0 Å². The molecule has 0 unspecified atom stereocenters. The number of rotatable bonds is 17. The van der Waals surface area contributed by atoms with Gasteiger partial charge < -0.3 is 18.9 Å². The van der Waals surface area contributed by atoms with E-state index in [0.717, 1.165) is 112 Å². The first-order valence-corrected chi connectivity index (χ1v) is 46.9. The SMILES string of the molecule is c1ccc(-c2ccc(N(c3ccc(-c4ccc5c(ccc6ccccc65)c4)cc3)c3ccccc3-c3cccc(-c4cccc5c4c4ccccc4n5-c4cccc(-c5ccc6c(c5)cc(-c5ccc(N(c7ccc(-c8ccc9c(ccc%10ccccc%109)c8)cc7)c7ccccc7-c7cccc(-c8cccc9c8c8ccccc8n9-c8ccccc8)c7)cc5)c5ccccc56)c4)c3)cc2)cc1. The molecule has 0 bridgehead atoms. The molecule has 0 spiro atoms. The van der Waals surface area contributed by atoms with Gasteiger partial charge in [-0.3, -0.25) is 0 Å². The van der Waals surface area contributed by atoms with Gasteiger partial charge in [0.2, 0.25) is 0 Å². The maximum atomic E-state index is 2.47. The number of para-hydroxylation sites is 5. The Kier molecular flexibility index (Phi) is 19.3. The first-order chi connectivity index (χ1) is 67.4. The highest BCUT2D eigenvalue weighted by atomic mass is 15.2. The van der Waals surface area contributed by atoms with Gasteiger partial charge in [0, 0.05) is 66.8 Å². The highest BCUT2D eigenvalue weighted by Gasteiger charge is 2.26. The zero-order valence-corrected chi connectivity index (χ0v) is 74.4. The van der Waals surface area contributed by atoms with E-state index >= 15 is 0 Å². The molecule has 24 aromatic carbocycles. The summed E-state index contributed by atoms with van der Waals surface area (Å²) in [6, 6.07) is 193. The standard InChI is InChI=1S/C132H86N4/c1-3-26-87(27-4-1)88-58-69-106(70-59-88)133(107-71-60-89(61-72-107)95-66-77-113-102(80-95)56-54-91-28-7-9-38-111(91)113)125-48-17-13-40-116(125)99-32-22-34-101(84-99)119-47-25-53-130-132(119)123-45-16-20-51-128(123)136(130)110-37-23-30-94(85-110)97-68-79-115-104(82-97)86-124(121-43-12-11-42-120(115)121)93-64-75-109(76-65-93)134(108-73-62-90(63-74-108)96-67-78-114-103(81-96)57-55-92-29-8-10-39-112(92)114)126-49-18-14-41-117(126)98-31-21-33-100(83-98)118-46-24-52-129-131(118)122-44-15-19-50-127(122)135(129)105-35-5-2-6-36-105/h1-86H. The summed E-state index contributed by atoms with van der Waals surface area (Å²) in [7, 11) is 0. The summed E-state index contributed by atoms with van der Waals surface area (Å²) >= 11 is 0. The van der Waals surface area contributed by atoms with Gasteiger partial charge in [-0.2, -0.15) is 0 Å². The molecule has 0 N–H and O–H groups in total. The van der Waals surface area contributed by atoms with Gasteiger partial charge in [0.05, 0.1) is 33.4 Å². The Morgan fingerprint density at radius 2 is 0.434 bits per heavy atom. The predicted molar refractivity (Wildman–Crippen MR) is 578 cm³/mol. The van der Waals surface area contributed by atoms with Crippen LogP contribution in [0.15, 0.2) is 522 Å². The van der Waals surface area contributed by atoms with E-state index in [-0.39, 0.29) is 0 Å². The van der Waals surface area contributed by atoms with Crippen LogP contribution in [0, 0.1) is 0 Å². The fraction of sp³-hybridized carbons (Fsp3) is 0. The van der Waals surface area contributed by atoms with Crippen molar-refractivity contribution in [3.05, 3.63) is 522 Å². The van der Waals surface area contributed by atoms with Crippen molar-refractivity contribution < 1.29 is 0 Å². The van der Waals surface area contributed by atoms with Gasteiger partial charge in [0.25, 0.3) is 0 Å². The van der Waals surface area contributed by atoms with Crippen LogP contribution in [0.3, 0.4) is 0 Å². The molecular weight excluding hydrogens is 1640 g/mol. The second kappa shape index (κ2) is 33.1. The van der Waals surface area contributed by atoms with Crippen LogP contribution in [0.25, 0.3) is 220 Å². The lowest BCUT2D eigenvalue weighted by Crippen LogP contribution is -2.11. The van der Waals surface area contributed by atoms with Crippen molar-refractivity contribution in [2.24, 2.45) is 0 Å². The fourth-order valence-electron chi connectivity index (χ4n) is 21.6. The monoisotopic (exact) mass is 1730 g/mol. The molecule has 2 heterocycles. The molecule has 0 aliphatic heterocycles. The highest BCUT2D eigenvalue weighted by molar-refractivity contribution is 6.19. The third-order valence-corrected chi connectivity index (χ3v) is 28.0. The Morgan fingerprint density at radius 1 is 0.132 bits per heavy atom. The van der Waals surface area contributed by atoms with Crippen LogP contribution < -0.4 is 9.80 Å². The van der Waals surface area contributed by atoms with E-state index in [1.807, 2.05) is 0 Å². The molecule has 0 aliphatic rings. The van der Waals surface area contributed by atoms with E-state index in [9.17, 15) is 0 Å². The number of nitrogens with zero attached hydrogens (tertiary/aromatic N) is 4. The number of hydrogen-bond acceptors (Lipinski definition) is 2. The number of aromatic nitrogens is 2. The van der Waals surface area contributed by atoms with Crippen molar-refractivity contribution >= 4 is 142 Å². The Bertz CT molecular complexity index is 9210. The molecule has 0 saturated carbocycles. The summed E-state index contributed by atoms with van der Waals surface area (Å²) in [5.41, 5.74) is 34.1. The molecule has 4 nitrogen and oxygen atoms in total. The highest BCUT2D eigenvalue weighted by Crippen LogP contribution is 2.50. The Labute approximate surface area is 788 Å². The quantitative estimate of drug-likeness (QED) is 0.0845. The molecule has 0 aliphatic carbocycles. The summed E-state index contributed by atoms with van der Waals surface area (Å²) < 4.78 is 4.87. The summed E-state index contributed by atoms with van der Waals surface area (Å²) in [6.07, 6.45) is 0. The van der Waals surface area contributed by atoms with Crippen LogP contribution >= 0.6 is 0 Å². The molecular formula is C132H86N4. The normalized spacial score (nSPS) is 11.7. The number of fused-ring (bicyclic) bond motifs is 15. The Balaban J connectivity index is 0.541. The minimum atomic E-state index is 1.05. The van der Waals surface area contributed by atoms with Gasteiger partial charge in [0.1, 0.15) is 0 Å². The molecule has 0 atom stereocenters. The summed E-state index contributed by atoms with van der Waals surface area (Å²) in [6.45, 7) is 0. The molecule has 136 heavy (non-hydrogen) atoms. The van der Waals surface area contributed by atoms with Gasteiger partial charge in [-0.15, -0.1) is 0 Å². The van der Waals surface area contributed by atoms with Gasteiger partial charge in [-0.05, 0) is 299 Å². The third-order valence-electron chi connectivity index (χ3n) is 28.0. The fourth-order valence-corrected chi connectivity index (χ4v) is 21.6. The third kappa shape index (κ3) is 13.8. The summed E-state index contributed by atoms with van der Waals surface area (Å²) in [4.78, 5) is 4.87. The average Bonchev–Trinajstić information content (AvgIpc) is 1.57. The van der Waals surface area contributed by atoms with Crippen LogP contribution in [-0.2, 0) is 0 Å². The molecule has 0 fully saturated rings. The van der Waals surface area contributed by atoms with Crippen molar-refractivity contribution in [3.8, 4) is 112 Å². The second-order valence-corrected chi connectivity index (χ2v) is 35.8. The van der Waals surface area contributed by atoms with Crippen molar-refractivity contribution in [2.45, 2.75) is 0 Å². The second-order valence-electron chi connectivity index (χ2n) is 35.8. The van der Waals surface area contributed by atoms with Gasteiger partial charge in [-0.25, -0.2) is 0 Å². The topological polar surface area (TPSA) is 16.3 Å². The minimum Gasteiger partial charge on any atom is -0.310 e.